The zero-order valence-corrected chi connectivity index (χ0v) is 20.5. The number of nitrogens with zero attached hydrogens (tertiary/aromatic N) is 2. The van der Waals surface area contributed by atoms with Gasteiger partial charge >= 0.3 is 6.18 Å². The van der Waals surface area contributed by atoms with Gasteiger partial charge < -0.3 is 10.2 Å². The fraction of sp³-hybridized carbons (Fsp3) is 0.391. The molecule has 0 saturated carbocycles. The van der Waals surface area contributed by atoms with Gasteiger partial charge in [-0.2, -0.15) is 13.2 Å². The Balaban J connectivity index is 2.43. The van der Waals surface area contributed by atoms with Gasteiger partial charge in [-0.1, -0.05) is 18.2 Å². The molecule has 2 aromatic carbocycles. The number of carbonyl (C=O) groups excluding carboxylic acids is 2. The van der Waals surface area contributed by atoms with E-state index in [0.29, 0.717) is 15.9 Å². The van der Waals surface area contributed by atoms with Crippen molar-refractivity contribution >= 4 is 27.5 Å². The Hall–Kier alpha value is -3.15. The molecule has 0 aliphatic heterocycles. The van der Waals surface area contributed by atoms with Gasteiger partial charge in [0, 0.05) is 12.6 Å². The van der Waals surface area contributed by atoms with E-state index in [1.54, 1.807) is 13.8 Å². The van der Waals surface area contributed by atoms with Gasteiger partial charge in [-0.15, -0.1) is 0 Å². The summed E-state index contributed by atoms with van der Waals surface area (Å²) < 4.78 is 78.3. The van der Waals surface area contributed by atoms with Crippen molar-refractivity contribution in [1.29, 1.82) is 0 Å². The lowest BCUT2D eigenvalue weighted by Gasteiger charge is -2.32. The van der Waals surface area contributed by atoms with Crippen molar-refractivity contribution in [3.8, 4) is 0 Å². The predicted molar refractivity (Wildman–Crippen MR) is 123 cm³/mol. The third-order valence-corrected chi connectivity index (χ3v) is 6.15. The fourth-order valence-electron chi connectivity index (χ4n) is 3.23. The van der Waals surface area contributed by atoms with Crippen molar-refractivity contribution in [2.24, 2.45) is 0 Å². The zero-order chi connectivity index (χ0) is 26.6. The van der Waals surface area contributed by atoms with Crippen LogP contribution >= 0.6 is 0 Å². The maximum atomic E-state index is 13.3. The van der Waals surface area contributed by atoms with Crippen LogP contribution in [0.5, 0.6) is 0 Å². The van der Waals surface area contributed by atoms with Crippen molar-refractivity contribution in [3.63, 3.8) is 0 Å². The van der Waals surface area contributed by atoms with Gasteiger partial charge in [0.1, 0.15) is 18.4 Å². The molecule has 0 unspecified atom stereocenters. The van der Waals surface area contributed by atoms with E-state index < -0.39 is 52.0 Å². The van der Waals surface area contributed by atoms with Crippen LogP contribution in [0.4, 0.5) is 23.2 Å². The van der Waals surface area contributed by atoms with E-state index in [1.165, 1.54) is 31.2 Å². The maximum absolute atomic E-state index is 13.3. The number of sulfonamides is 1. The first-order valence-electron chi connectivity index (χ1n) is 10.6. The lowest BCUT2D eigenvalue weighted by molar-refractivity contribution is -0.139. The van der Waals surface area contributed by atoms with Crippen LogP contribution in [0.2, 0.25) is 0 Å². The number of benzene rings is 2. The molecule has 0 bridgehead atoms. The summed E-state index contributed by atoms with van der Waals surface area (Å²) >= 11 is 0. The molecular formula is C23H27F4N3O4S. The summed E-state index contributed by atoms with van der Waals surface area (Å²) in [4.78, 5) is 27.0. The van der Waals surface area contributed by atoms with Crippen LogP contribution in [0.15, 0.2) is 48.5 Å². The van der Waals surface area contributed by atoms with Gasteiger partial charge in [0.05, 0.1) is 17.5 Å². The molecule has 192 valence electrons. The van der Waals surface area contributed by atoms with E-state index in [0.717, 1.165) is 29.4 Å². The monoisotopic (exact) mass is 517 g/mol. The maximum Gasteiger partial charge on any atom is 0.416 e. The van der Waals surface area contributed by atoms with Crippen molar-refractivity contribution in [2.75, 3.05) is 17.1 Å². The Kier molecular flexibility index (Phi) is 8.88. The molecule has 0 aliphatic carbocycles. The van der Waals surface area contributed by atoms with Crippen LogP contribution in [0.25, 0.3) is 0 Å². The average molecular weight is 518 g/mol. The fourth-order valence-corrected chi connectivity index (χ4v) is 4.07. The molecule has 2 amide bonds. The molecule has 1 N–H and O–H groups in total. The number of rotatable bonds is 9. The minimum Gasteiger partial charge on any atom is -0.352 e. The normalized spacial score (nSPS) is 12.8. The highest BCUT2D eigenvalue weighted by atomic mass is 32.2. The van der Waals surface area contributed by atoms with E-state index in [2.05, 4.69) is 5.32 Å². The third-order valence-electron chi connectivity index (χ3n) is 5.01. The first-order valence-corrected chi connectivity index (χ1v) is 12.4. The van der Waals surface area contributed by atoms with Gasteiger partial charge in [0.15, 0.2) is 0 Å². The molecule has 2 aromatic rings. The van der Waals surface area contributed by atoms with Gasteiger partial charge in [0.25, 0.3) is 0 Å². The van der Waals surface area contributed by atoms with E-state index >= 15 is 0 Å². The predicted octanol–water partition coefficient (Wildman–Crippen LogP) is 3.55. The molecule has 0 fully saturated rings. The molecule has 7 nitrogen and oxygen atoms in total. The third kappa shape index (κ3) is 7.94. The van der Waals surface area contributed by atoms with Crippen molar-refractivity contribution in [3.05, 3.63) is 65.5 Å². The Bertz CT molecular complexity index is 1150. The molecule has 0 saturated heterocycles. The molecule has 2 rings (SSSR count). The number of hydrogen-bond acceptors (Lipinski definition) is 4. The first-order chi connectivity index (χ1) is 16.1. The average Bonchev–Trinajstić information content (AvgIpc) is 2.74. The van der Waals surface area contributed by atoms with Gasteiger partial charge in [-0.3, -0.25) is 13.9 Å². The summed E-state index contributed by atoms with van der Waals surface area (Å²) in [6, 6.07) is 7.44. The molecule has 1 atom stereocenters. The van der Waals surface area contributed by atoms with Crippen molar-refractivity contribution in [1.82, 2.24) is 10.2 Å². The van der Waals surface area contributed by atoms with E-state index in [1.807, 2.05) is 0 Å². The smallest absolute Gasteiger partial charge is 0.352 e. The number of halogens is 4. The summed E-state index contributed by atoms with van der Waals surface area (Å²) in [6.45, 7) is 3.87. The van der Waals surface area contributed by atoms with Gasteiger partial charge in [-0.25, -0.2) is 12.8 Å². The zero-order valence-electron chi connectivity index (χ0n) is 19.6. The van der Waals surface area contributed by atoms with E-state index in [-0.39, 0.29) is 18.3 Å². The standard InChI is InChI=1S/C23H27F4N3O4S/c1-15(2)28-22(32)16(3)29(13-17-8-10-19(24)11-9-17)21(31)14-30(35(4,33)34)20-7-5-6-18(12-20)23(25,26)27/h5-12,15-16H,13-14H2,1-4H3,(H,28,32)/t16-/m0/s1. The number of alkyl halides is 3. The first kappa shape index (κ1) is 28.1. The van der Waals surface area contributed by atoms with E-state index in [9.17, 15) is 35.6 Å². The molecule has 12 heteroatoms. The van der Waals surface area contributed by atoms with Gasteiger partial charge in [0.2, 0.25) is 21.8 Å². The molecule has 0 aliphatic rings. The number of amides is 2. The Morgan fingerprint density at radius 3 is 2.14 bits per heavy atom. The number of carbonyl (C=O) groups is 2. The number of nitrogens with one attached hydrogen (secondary N) is 1. The second-order valence-electron chi connectivity index (χ2n) is 8.31. The summed E-state index contributed by atoms with van der Waals surface area (Å²) in [6.07, 6.45) is -3.96. The molecular weight excluding hydrogens is 490 g/mol. The second kappa shape index (κ2) is 11.1. The topological polar surface area (TPSA) is 86.8 Å². The summed E-state index contributed by atoms with van der Waals surface area (Å²) in [5, 5.41) is 2.66. The highest BCUT2D eigenvalue weighted by Crippen LogP contribution is 2.32. The molecule has 0 aromatic heterocycles. The summed E-state index contributed by atoms with van der Waals surface area (Å²) in [7, 11) is -4.18. The molecule has 35 heavy (non-hydrogen) atoms. The highest BCUT2D eigenvalue weighted by Gasteiger charge is 2.33. The van der Waals surface area contributed by atoms with Gasteiger partial charge in [-0.05, 0) is 56.7 Å². The van der Waals surface area contributed by atoms with Crippen LogP contribution in [-0.4, -0.2) is 50.0 Å². The minimum absolute atomic E-state index is 0.161. The van der Waals surface area contributed by atoms with Crippen LogP contribution in [0.3, 0.4) is 0 Å². The lowest BCUT2D eigenvalue weighted by Crippen LogP contribution is -2.52. The molecule has 0 radical (unpaired) electrons. The quantitative estimate of drug-likeness (QED) is 0.516. The Morgan fingerprint density at radius 1 is 1.03 bits per heavy atom. The molecule has 0 heterocycles. The second-order valence-corrected chi connectivity index (χ2v) is 10.2. The van der Waals surface area contributed by atoms with Crippen LogP contribution in [0, 0.1) is 5.82 Å². The van der Waals surface area contributed by atoms with E-state index in [4.69, 9.17) is 0 Å². The van der Waals surface area contributed by atoms with Crippen molar-refractivity contribution in [2.45, 2.75) is 45.6 Å². The lowest BCUT2D eigenvalue weighted by atomic mass is 10.1. The summed E-state index contributed by atoms with van der Waals surface area (Å²) in [5.41, 5.74) is -0.963. The number of hydrogen-bond donors (Lipinski definition) is 1. The largest absolute Gasteiger partial charge is 0.416 e. The summed E-state index contributed by atoms with van der Waals surface area (Å²) in [5.74, 6) is -1.85. The van der Waals surface area contributed by atoms with Crippen molar-refractivity contribution < 1.29 is 35.6 Å². The highest BCUT2D eigenvalue weighted by molar-refractivity contribution is 7.92. The Morgan fingerprint density at radius 2 is 1.63 bits per heavy atom. The molecule has 0 spiro atoms. The minimum atomic E-state index is -4.72. The van der Waals surface area contributed by atoms with Crippen LogP contribution in [0.1, 0.15) is 31.9 Å². The number of anilines is 1. The van der Waals surface area contributed by atoms with Crippen LogP contribution in [-0.2, 0) is 32.3 Å². The SMILES string of the molecule is CC(C)NC(=O)[C@H](C)N(Cc1ccc(F)cc1)C(=O)CN(c1cccc(C(F)(F)F)c1)S(C)(=O)=O. The van der Waals surface area contributed by atoms with Crippen LogP contribution < -0.4 is 9.62 Å². The Labute approximate surface area is 201 Å².